The molecule has 4 nitrogen and oxygen atoms in total. The molecule has 17 heavy (non-hydrogen) atoms. The number of fused-ring (bicyclic) bond motifs is 1. The SMILES string of the molecule is COc1c(Cl)ncc2cnn(CC(C)(F)F)c12. The van der Waals surface area contributed by atoms with Crippen LogP contribution < -0.4 is 4.74 Å². The number of methoxy groups -OCH3 is 1. The lowest BCUT2D eigenvalue weighted by molar-refractivity contribution is 0.00175. The molecule has 92 valence electrons. The monoisotopic (exact) mass is 261 g/mol. The van der Waals surface area contributed by atoms with Gasteiger partial charge in [0.2, 0.25) is 0 Å². The third kappa shape index (κ3) is 2.31. The maximum atomic E-state index is 13.0. The molecule has 0 unspecified atom stereocenters. The summed E-state index contributed by atoms with van der Waals surface area (Å²) < 4.78 is 32.2. The lowest BCUT2D eigenvalue weighted by Gasteiger charge is -2.12. The van der Waals surface area contributed by atoms with Gasteiger partial charge in [-0.15, -0.1) is 0 Å². The topological polar surface area (TPSA) is 39.9 Å². The number of alkyl halides is 2. The fourth-order valence-electron chi connectivity index (χ4n) is 1.59. The van der Waals surface area contributed by atoms with Gasteiger partial charge in [0.1, 0.15) is 12.1 Å². The van der Waals surface area contributed by atoms with E-state index in [0.29, 0.717) is 10.9 Å². The quantitative estimate of drug-likeness (QED) is 0.798. The first-order valence-electron chi connectivity index (χ1n) is 4.84. The van der Waals surface area contributed by atoms with Gasteiger partial charge in [0, 0.05) is 18.5 Å². The summed E-state index contributed by atoms with van der Waals surface area (Å²) in [6, 6.07) is 0. The van der Waals surface area contributed by atoms with Gasteiger partial charge in [-0.2, -0.15) is 5.10 Å². The number of hydrogen-bond donors (Lipinski definition) is 0. The van der Waals surface area contributed by atoms with Gasteiger partial charge in [0.15, 0.2) is 10.9 Å². The first-order chi connectivity index (χ1) is 7.92. The molecule has 0 aromatic carbocycles. The number of ether oxygens (including phenoxy) is 1. The molecule has 0 fully saturated rings. The van der Waals surface area contributed by atoms with Gasteiger partial charge in [0.05, 0.1) is 13.3 Å². The van der Waals surface area contributed by atoms with Gasteiger partial charge < -0.3 is 4.74 Å². The molecule has 2 rings (SSSR count). The minimum atomic E-state index is -2.86. The summed E-state index contributed by atoms with van der Waals surface area (Å²) in [6.45, 7) is 0.295. The van der Waals surface area contributed by atoms with E-state index in [0.717, 1.165) is 6.92 Å². The van der Waals surface area contributed by atoms with Crippen LogP contribution in [0.25, 0.3) is 10.9 Å². The zero-order chi connectivity index (χ0) is 12.6. The fourth-order valence-corrected chi connectivity index (χ4v) is 1.80. The van der Waals surface area contributed by atoms with E-state index in [4.69, 9.17) is 16.3 Å². The summed E-state index contributed by atoms with van der Waals surface area (Å²) in [6.07, 6.45) is 2.92. The molecule has 0 atom stereocenters. The molecular weight excluding hydrogens is 252 g/mol. The van der Waals surface area contributed by atoms with Crippen LogP contribution in [0.3, 0.4) is 0 Å². The van der Waals surface area contributed by atoms with Crippen molar-refractivity contribution < 1.29 is 13.5 Å². The first-order valence-corrected chi connectivity index (χ1v) is 5.22. The number of nitrogens with zero attached hydrogens (tertiary/aromatic N) is 3. The maximum absolute atomic E-state index is 13.0. The van der Waals surface area contributed by atoms with Crippen molar-refractivity contribution in [3.8, 4) is 5.75 Å². The minimum absolute atomic E-state index is 0.126. The summed E-state index contributed by atoms with van der Waals surface area (Å²) in [5, 5.41) is 4.62. The molecule has 2 aromatic heterocycles. The van der Waals surface area contributed by atoms with Crippen LogP contribution in [0.15, 0.2) is 12.4 Å². The zero-order valence-corrected chi connectivity index (χ0v) is 10.0. The molecule has 2 heterocycles. The molecule has 0 radical (unpaired) electrons. The van der Waals surface area contributed by atoms with E-state index in [9.17, 15) is 8.78 Å². The summed E-state index contributed by atoms with van der Waals surface area (Å²) >= 11 is 5.84. The molecular formula is C10H10ClF2N3O. The third-order valence-electron chi connectivity index (χ3n) is 2.22. The van der Waals surface area contributed by atoms with Gasteiger partial charge in [-0.3, -0.25) is 4.68 Å². The molecule has 0 N–H and O–H groups in total. The molecule has 0 aliphatic rings. The predicted molar refractivity (Wildman–Crippen MR) is 59.7 cm³/mol. The Morgan fingerprint density at radius 1 is 1.47 bits per heavy atom. The highest BCUT2D eigenvalue weighted by atomic mass is 35.5. The van der Waals surface area contributed by atoms with Gasteiger partial charge in [0.25, 0.3) is 5.92 Å². The molecule has 0 aliphatic heterocycles. The van der Waals surface area contributed by atoms with Gasteiger partial charge in [-0.05, 0) is 0 Å². The number of hydrogen-bond acceptors (Lipinski definition) is 3. The van der Waals surface area contributed by atoms with Crippen LogP contribution in [0.1, 0.15) is 6.92 Å². The second-order valence-electron chi connectivity index (χ2n) is 3.76. The zero-order valence-electron chi connectivity index (χ0n) is 9.25. The number of rotatable bonds is 3. The Labute approximate surface area is 101 Å². The Bertz CT molecular complexity index is 550. The molecule has 0 saturated heterocycles. The van der Waals surface area contributed by atoms with Crippen LogP contribution in [0.4, 0.5) is 8.78 Å². The van der Waals surface area contributed by atoms with Crippen LogP contribution in [-0.4, -0.2) is 27.8 Å². The summed E-state index contributed by atoms with van der Waals surface area (Å²) in [4.78, 5) is 3.89. The van der Waals surface area contributed by atoms with Crippen molar-refractivity contribution in [1.29, 1.82) is 0 Å². The van der Waals surface area contributed by atoms with Crippen molar-refractivity contribution in [2.45, 2.75) is 19.4 Å². The highest BCUT2D eigenvalue weighted by molar-refractivity contribution is 6.31. The number of pyridine rings is 1. The van der Waals surface area contributed by atoms with Crippen molar-refractivity contribution in [1.82, 2.24) is 14.8 Å². The molecule has 0 spiro atoms. The second-order valence-corrected chi connectivity index (χ2v) is 4.12. The van der Waals surface area contributed by atoms with Crippen LogP contribution >= 0.6 is 11.6 Å². The lowest BCUT2D eigenvalue weighted by atomic mass is 10.3. The van der Waals surface area contributed by atoms with Gasteiger partial charge in [-0.25, -0.2) is 13.8 Å². The molecule has 0 amide bonds. The van der Waals surface area contributed by atoms with Crippen LogP contribution in [0, 0.1) is 0 Å². The maximum Gasteiger partial charge on any atom is 0.264 e. The van der Waals surface area contributed by atoms with E-state index in [-0.39, 0.29) is 10.9 Å². The van der Waals surface area contributed by atoms with E-state index in [1.54, 1.807) is 0 Å². The highest BCUT2D eigenvalue weighted by Crippen LogP contribution is 2.32. The van der Waals surface area contributed by atoms with Crippen molar-refractivity contribution in [2.75, 3.05) is 7.11 Å². The second kappa shape index (κ2) is 4.10. The van der Waals surface area contributed by atoms with E-state index in [2.05, 4.69) is 10.1 Å². The van der Waals surface area contributed by atoms with Crippen LogP contribution in [0.5, 0.6) is 5.75 Å². The fraction of sp³-hybridized carbons (Fsp3) is 0.400. The molecule has 0 aliphatic carbocycles. The summed E-state index contributed by atoms with van der Waals surface area (Å²) in [5.74, 6) is -2.61. The van der Waals surface area contributed by atoms with Crippen molar-refractivity contribution in [3.05, 3.63) is 17.5 Å². The van der Waals surface area contributed by atoms with Crippen molar-refractivity contribution >= 4 is 22.5 Å². The van der Waals surface area contributed by atoms with Gasteiger partial charge in [-0.1, -0.05) is 11.6 Å². The molecule has 0 saturated carbocycles. The van der Waals surface area contributed by atoms with E-state index in [1.165, 1.54) is 24.2 Å². The van der Waals surface area contributed by atoms with E-state index in [1.807, 2.05) is 0 Å². The van der Waals surface area contributed by atoms with Crippen molar-refractivity contribution in [3.63, 3.8) is 0 Å². The van der Waals surface area contributed by atoms with Crippen molar-refractivity contribution in [2.24, 2.45) is 0 Å². The highest BCUT2D eigenvalue weighted by Gasteiger charge is 2.25. The molecule has 0 bridgehead atoms. The largest absolute Gasteiger partial charge is 0.491 e. The lowest BCUT2D eigenvalue weighted by Crippen LogP contribution is -2.20. The Hall–Kier alpha value is -1.43. The first kappa shape index (κ1) is 12.0. The van der Waals surface area contributed by atoms with E-state index >= 15 is 0 Å². The Balaban J connectivity index is 2.61. The average Bonchev–Trinajstić information content (AvgIpc) is 2.59. The number of aromatic nitrogens is 3. The number of halogens is 3. The average molecular weight is 262 g/mol. The van der Waals surface area contributed by atoms with Gasteiger partial charge >= 0.3 is 0 Å². The smallest absolute Gasteiger partial charge is 0.264 e. The Morgan fingerprint density at radius 2 is 2.18 bits per heavy atom. The Kier molecular flexibility index (Phi) is 2.91. The standard InChI is InChI=1S/C10H10ClF2N3O/c1-10(12,13)5-16-7-6(4-15-16)3-14-9(11)8(7)17-2/h3-4H,5H2,1-2H3. The molecule has 2 aromatic rings. The van der Waals surface area contributed by atoms with Crippen LogP contribution in [-0.2, 0) is 6.54 Å². The molecule has 7 heteroatoms. The normalized spacial score (nSPS) is 12.1. The summed E-state index contributed by atoms with van der Waals surface area (Å²) in [5.41, 5.74) is 0.425. The summed E-state index contributed by atoms with van der Waals surface area (Å²) in [7, 11) is 1.41. The minimum Gasteiger partial charge on any atom is -0.491 e. The third-order valence-corrected chi connectivity index (χ3v) is 2.49. The Morgan fingerprint density at radius 3 is 2.76 bits per heavy atom. The van der Waals surface area contributed by atoms with E-state index < -0.39 is 12.5 Å². The predicted octanol–water partition coefficient (Wildman–Crippen LogP) is 2.75. The van der Waals surface area contributed by atoms with Crippen LogP contribution in [0.2, 0.25) is 5.15 Å².